The van der Waals surface area contributed by atoms with Crippen molar-refractivity contribution in [2.75, 3.05) is 32.1 Å². The molecule has 1 atom stereocenters. The van der Waals surface area contributed by atoms with Crippen LogP contribution in [0.5, 0.6) is 0 Å². The number of nitrogens with one attached hydrogen (secondary N) is 1. The van der Waals surface area contributed by atoms with Crippen LogP contribution in [0.1, 0.15) is 13.8 Å². The molecule has 0 saturated carbocycles. The molecule has 96 valence electrons. The molecule has 0 aliphatic heterocycles. The first kappa shape index (κ1) is 13.7. The van der Waals surface area contributed by atoms with Gasteiger partial charge in [0, 0.05) is 32.5 Å². The van der Waals surface area contributed by atoms with Gasteiger partial charge >= 0.3 is 0 Å². The highest BCUT2D eigenvalue weighted by molar-refractivity contribution is 5.34. The number of rotatable bonds is 6. The SMILES string of the molecule is CCn1ccnc(N(C)CC(C)CNC)c1=O. The third-order valence-corrected chi connectivity index (χ3v) is 2.74. The van der Waals surface area contributed by atoms with Crippen LogP contribution in [0.25, 0.3) is 0 Å². The van der Waals surface area contributed by atoms with Crippen molar-refractivity contribution in [3.05, 3.63) is 22.7 Å². The molecule has 0 saturated heterocycles. The van der Waals surface area contributed by atoms with E-state index in [0.29, 0.717) is 18.3 Å². The van der Waals surface area contributed by atoms with Gasteiger partial charge in [-0.3, -0.25) is 4.79 Å². The fraction of sp³-hybridized carbons (Fsp3) is 0.667. The molecule has 0 aliphatic rings. The number of hydrogen-bond acceptors (Lipinski definition) is 4. The minimum absolute atomic E-state index is 0.0193. The zero-order chi connectivity index (χ0) is 12.8. The summed E-state index contributed by atoms with van der Waals surface area (Å²) in [6.07, 6.45) is 3.40. The predicted octanol–water partition coefficient (Wildman–Crippen LogP) is 0.555. The largest absolute Gasteiger partial charge is 0.355 e. The molecule has 1 rings (SSSR count). The standard InChI is InChI=1S/C12H22N4O/c1-5-16-7-6-14-11(12(16)17)15(4)9-10(2)8-13-3/h6-7,10,13H,5,8-9H2,1-4H3. The summed E-state index contributed by atoms with van der Waals surface area (Å²) in [5.74, 6) is 0.999. The van der Waals surface area contributed by atoms with Gasteiger partial charge in [0.25, 0.3) is 5.56 Å². The summed E-state index contributed by atoms with van der Waals surface area (Å²) in [6, 6.07) is 0. The van der Waals surface area contributed by atoms with Crippen molar-refractivity contribution >= 4 is 5.82 Å². The van der Waals surface area contributed by atoms with Crippen molar-refractivity contribution in [2.45, 2.75) is 20.4 Å². The highest BCUT2D eigenvalue weighted by Gasteiger charge is 2.12. The van der Waals surface area contributed by atoms with E-state index in [4.69, 9.17) is 0 Å². The van der Waals surface area contributed by atoms with Gasteiger partial charge in [0.1, 0.15) is 0 Å². The van der Waals surface area contributed by atoms with E-state index < -0.39 is 0 Å². The predicted molar refractivity (Wildman–Crippen MR) is 70.5 cm³/mol. The van der Waals surface area contributed by atoms with E-state index in [1.807, 2.05) is 25.9 Å². The summed E-state index contributed by atoms with van der Waals surface area (Å²) >= 11 is 0. The van der Waals surface area contributed by atoms with E-state index in [1.54, 1.807) is 17.0 Å². The van der Waals surface area contributed by atoms with Crippen LogP contribution in [0.2, 0.25) is 0 Å². The van der Waals surface area contributed by atoms with Gasteiger partial charge in [-0.1, -0.05) is 6.92 Å². The second kappa shape index (κ2) is 6.39. The molecule has 17 heavy (non-hydrogen) atoms. The van der Waals surface area contributed by atoms with Crippen molar-refractivity contribution in [3.63, 3.8) is 0 Å². The summed E-state index contributed by atoms with van der Waals surface area (Å²) in [4.78, 5) is 18.1. The van der Waals surface area contributed by atoms with Gasteiger partial charge in [-0.25, -0.2) is 4.98 Å². The number of aryl methyl sites for hydroxylation is 1. The van der Waals surface area contributed by atoms with E-state index in [9.17, 15) is 4.79 Å². The van der Waals surface area contributed by atoms with Gasteiger partial charge in [0.15, 0.2) is 5.82 Å². The van der Waals surface area contributed by atoms with Crippen LogP contribution in [0.4, 0.5) is 5.82 Å². The lowest BCUT2D eigenvalue weighted by Gasteiger charge is -2.22. The van der Waals surface area contributed by atoms with Gasteiger partial charge < -0.3 is 14.8 Å². The first-order valence-corrected chi connectivity index (χ1v) is 6.01. The third-order valence-electron chi connectivity index (χ3n) is 2.74. The van der Waals surface area contributed by atoms with Crippen LogP contribution < -0.4 is 15.8 Å². The Morgan fingerprint density at radius 1 is 1.59 bits per heavy atom. The van der Waals surface area contributed by atoms with Crippen LogP contribution in [0, 0.1) is 5.92 Å². The van der Waals surface area contributed by atoms with Crippen LogP contribution >= 0.6 is 0 Å². The molecule has 0 spiro atoms. The van der Waals surface area contributed by atoms with Crippen molar-refractivity contribution < 1.29 is 0 Å². The Morgan fingerprint density at radius 3 is 2.88 bits per heavy atom. The number of nitrogens with zero attached hydrogens (tertiary/aromatic N) is 3. The topological polar surface area (TPSA) is 50.2 Å². The maximum absolute atomic E-state index is 12.0. The molecular weight excluding hydrogens is 216 g/mol. The van der Waals surface area contributed by atoms with Gasteiger partial charge in [-0.05, 0) is 26.4 Å². The molecule has 1 heterocycles. The molecule has 1 N–H and O–H groups in total. The van der Waals surface area contributed by atoms with Crippen molar-refractivity contribution in [1.82, 2.24) is 14.9 Å². The minimum Gasteiger partial charge on any atom is -0.355 e. The highest BCUT2D eigenvalue weighted by atomic mass is 16.1. The molecular formula is C12H22N4O. The second-order valence-electron chi connectivity index (χ2n) is 4.39. The third kappa shape index (κ3) is 3.56. The maximum Gasteiger partial charge on any atom is 0.293 e. The van der Waals surface area contributed by atoms with E-state index in [1.165, 1.54) is 0 Å². The Labute approximate surface area is 102 Å². The molecule has 0 fully saturated rings. The van der Waals surface area contributed by atoms with E-state index in [2.05, 4.69) is 17.2 Å². The quantitative estimate of drug-likeness (QED) is 0.786. The van der Waals surface area contributed by atoms with Gasteiger partial charge in [-0.15, -0.1) is 0 Å². The number of hydrogen-bond donors (Lipinski definition) is 1. The molecule has 1 aromatic heterocycles. The fourth-order valence-corrected chi connectivity index (χ4v) is 1.91. The minimum atomic E-state index is -0.0193. The van der Waals surface area contributed by atoms with Crippen molar-refractivity contribution in [3.8, 4) is 0 Å². The van der Waals surface area contributed by atoms with Crippen LogP contribution in [-0.2, 0) is 6.54 Å². The fourth-order valence-electron chi connectivity index (χ4n) is 1.91. The average Bonchev–Trinajstić information content (AvgIpc) is 2.29. The first-order chi connectivity index (χ1) is 8.10. The van der Waals surface area contributed by atoms with Gasteiger partial charge in [0.2, 0.25) is 0 Å². The summed E-state index contributed by atoms with van der Waals surface area (Å²) in [7, 11) is 3.84. The Bertz CT molecular complexity index is 402. The van der Waals surface area contributed by atoms with E-state index in [-0.39, 0.29) is 5.56 Å². The van der Waals surface area contributed by atoms with Crippen molar-refractivity contribution in [1.29, 1.82) is 0 Å². The molecule has 5 heteroatoms. The molecule has 0 amide bonds. The Kier molecular flexibility index (Phi) is 5.15. The van der Waals surface area contributed by atoms with Crippen molar-refractivity contribution in [2.24, 2.45) is 5.92 Å². The summed E-state index contributed by atoms with van der Waals surface area (Å²) in [5.41, 5.74) is -0.0193. The Morgan fingerprint density at radius 2 is 2.29 bits per heavy atom. The zero-order valence-electron chi connectivity index (χ0n) is 11.1. The zero-order valence-corrected chi connectivity index (χ0v) is 11.1. The lowest BCUT2D eigenvalue weighted by Crippen LogP contribution is -2.35. The molecule has 0 aliphatic carbocycles. The normalized spacial score (nSPS) is 12.5. The number of aromatic nitrogens is 2. The maximum atomic E-state index is 12.0. The molecule has 0 radical (unpaired) electrons. The second-order valence-corrected chi connectivity index (χ2v) is 4.39. The van der Waals surface area contributed by atoms with Gasteiger partial charge in [0.05, 0.1) is 0 Å². The van der Waals surface area contributed by atoms with Crippen LogP contribution in [0.3, 0.4) is 0 Å². The first-order valence-electron chi connectivity index (χ1n) is 6.01. The molecule has 5 nitrogen and oxygen atoms in total. The Balaban J connectivity index is 2.82. The highest BCUT2D eigenvalue weighted by Crippen LogP contribution is 2.04. The lowest BCUT2D eigenvalue weighted by atomic mass is 10.2. The Hall–Kier alpha value is -1.36. The molecule has 1 aromatic rings. The lowest BCUT2D eigenvalue weighted by molar-refractivity contribution is 0.538. The van der Waals surface area contributed by atoms with Crippen LogP contribution in [-0.4, -0.2) is 36.7 Å². The molecule has 1 unspecified atom stereocenters. The summed E-state index contributed by atoms with van der Waals surface area (Å²) in [6.45, 7) is 6.52. The average molecular weight is 238 g/mol. The van der Waals surface area contributed by atoms with Crippen LogP contribution in [0.15, 0.2) is 17.2 Å². The molecule has 0 bridgehead atoms. The number of anilines is 1. The van der Waals surface area contributed by atoms with Gasteiger partial charge in [-0.2, -0.15) is 0 Å². The molecule has 0 aromatic carbocycles. The smallest absolute Gasteiger partial charge is 0.293 e. The van der Waals surface area contributed by atoms with E-state index >= 15 is 0 Å². The van der Waals surface area contributed by atoms with E-state index in [0.717, 1.165) is 13.1 Å². The summed E-state index contributed by atoms with van der Waals surface area (Å²) in [5, 5.41) is 3.13. The monoisotopic (exact) mass is 238 g/mol. The summed E-state index contributed by atoms with van der Waals surface area (Å²) < 4.78 is 1.67.